The van der Waals surface area contributed by atoms with E-state index in [1.807, 2.05) is 0 Å². The molecule has 0 unspecified atom stereocenters. The maximum atomic E-state index is 12.3. The predicted molar refractivity (Wildman–Crippen MR) is 71.3 cm³/mol. The molecule has 1 fully saturated rings. The number of hydrogen-bond donors (Lipinski definition) is 1. The van der Waals surface area contributed by atoms with E-state index in [0.717, 1.165) is 0 Å². The van der Waals surface area contributed by atoms with Crippen LogP contribution in [0.15, 0.2) is 18.2 Å². The van der Waals surface area contributed by atoms with Crippen LogP contribution in [0.25, 0.3) is 0 Å². The van der Waals surface area contributed by atoms with Gasteiger partial charge in [-0.15, -0.1) is 0 Å². The van der Waals surface area contributed by atoms with Gasteiger partial charge in [0.05, 0.1) is 24.0 Å². The summed E-state index contributed by atoms with van der Waals surface area (Å²) in [6.45, 7) is 0.661. The summed E-state index contributed by atoms with van der Waals surface area (Å²) in [5.74, 6) is -1.11. The molecule has 21 heavy (non-hydrogen) atoms. The monoisotopic (exact) mass is 294 g/mol. The predicted octanol–water partition coefficient (Wildman–Crippen LogP) is 1.15. The summed E-state index contributed by atoms with van der Waals surface area (Å²) in [5.41, 5.74) is -0.0813. The summed E-state index contributed by atoms with van der Waals surface area (Å²) in [6.07, 6.45) is 0.00977. The Kier molecular flexibility index (Phi) is 4.06. The fourth-order valence-electron chi connectivity index (χ4n) is 2.26. The van der Waals surface area contributed by atoms with E-state index in [1.54, 1.807) is 0 Å². The minimum Gasteiger partial charge on any atom is -0.496 e. The minimum absolute atomic E-state index is 0.00977. The largest absolute Gasteiger partial charge is 0.496 e. The summed E-state index contributed by atoms with van der Waals surface area (Å²) in [6, 6.07) is 3.81. The highest BCUT2D eigenvalue weighted by atomic mass is 16.6. The lowest BCUT2D eigenvalue weighted by molar-refractivity contribution is -0.384. The van der Waals surface area contributed by atoms with E-state index in [2.05, 4.69) is 0 Å². The van der Waals surface area contributed by atoms with Crippen LogP contribution in [-0.2, 0) is 4.79 Å². The van der Waals surface area contributed by atoms with Gasteiger partial charge in [0.2, 0.25) is 0 Å². The van der Waals surface area contributed by atoms with Gasteiger partial charge in [0.1, 0.15) is 5.75 Å². The Hall–Kier alpha value is -2.64. The number of rotatable bonds is 5. The Balaban J connectivity index is 2.14. The molecule has 0 saturated carbocycles. The highest BCUT2D eigenvalue weighted by Gasteiger charge is 2.34. The molecule has 1 aliphatic heterocycles. The van der Waals surface area contributed by atoms with E-state index >= 15 is 0 Å². The van der Waals surface area contributed by atoms with Gasteiger partial charge in [-0.1, -0.05) is 0 Å². The lowest BCUT2D eigenvalue weighted by atomic mass is 9.95. The van der Waals surface area contributed by atoms with Crippen molar-refractivity contribution in [2.45, 2.75) is 6.42 Å². The van der Waals surface area contributed by atoms with Crippen molar-refractivity contribution in [3.8, 4) is 5.75 Å². The molecule has 8 heteroatoms. The maximum absolute atomic E-state index is 12.3. The first-order chi connectivity index (χ1) is 9.92. The molecule has 1 saturated heterocycles. The van der Waals surface area contributed by atoms with Gasteiger partial charge in [0, 0.05) is 31.1 Å². The molecule has 0 spiro atoms. The van der Waals surface area contributed by atoms with Crippen molar-refractivity contribution in [3.05, 3.63) is 33.9 Å². The zero-order valence-corrected chi connectivity index (χ0v) is 11.3. The number of likely N-dealkylation sites (tertiary alicyclic amines) is 1. The van der Waals surface area contributed by atoms with E-state index in [-0.39, 0.29) is 29.3 Å². The summed E-state index contributed by atoms with van der Waals surface area (Å²) in [5, 5.41) is 19.4. The van der Waals surface area contributed by atoms with Crippen molar-refractivity contribution in [2.75, 3.05) is 20.2 Å². The number of hydrogen-bond acceptors (Lipinski definition) is 5. The van der Waals surface area contributed by atoms with Crippen molar-refractivity contribution in [1.29, 1.82) is 0 Å². The molecule has 0 atom stereocenters. The standard InChI is InChI=1S/C13H14N2O6/c1-21-11-3-2-9(15(19)20)5-10(11)13(18)14-6-8(7-14)4-12(16)17/h2-3,5,8H,4,6-7H2,1H3,(H,16,17). The summed E-state index contributed by atoms with van der Waals surface area (Å²) < 4.78 is 5.05. The summed E-state index contributed by atoms with van der Waals surface area (Å²) in [4.78, 5) is 34.5. The van der Waals surface area contributed by atoms with Crippen molar-refractivity contribution < 1.29 is 24.4 Å². The Morgan fingerprint density at radius 2 is 2.14 bits per heavy atom. The smallest absolute Gasteiger partial charge is 0.303 e. The van der Waals surface area contributed by atoms with Crippen LogP contribution in [0, 0.1) is 16.0 Å². The fourth-order valence-corrected chi connectivity index (χ4v) is 2.26. The van der Waals surface area contributed by atoms with Crippen molar-refractivity contribution >= 4 is 17.6 Å². The number of nitrogens with zero attached hydrogens (tertiary/aromatic N) is 2. The first kappa shape index (κ1) is 14.8. The SMILES string of the molecule is COc1ccc([N+](=O)[O-])cc1C(=O)N1CC(CC(=O)O)C1. The van der Waals surface area contributed by atoms with E-state index in [1.165, 1.54) is 30.2 Å². The van der Waals surface area contributed by atoms with Gasteiger partial charge in [-0.2, -0.15) is 0 Å². The number of amides is 1. The summed E-state index contributed by atoms with van der Waals surface area (Å²) >= 11 is 0. The van der Waals surface area contributed by atoms with E-state index < -0.39 is 16.8 Å². The van der Waals surface area contributed by atoms with Crippen LogP contribution < -0.4 is 4.74 Å². The number of carboxylic acids is 1. The molecule has 0 radical (unpaired) electrons. The van der Waals surface area contributed by atoms with Crippen molar-refractivity contribution in [1.82, 2.24) is 4.90 Å². The Bertz CT molecular complexity index is 594. The highest BCUT2D eigenvalue weighted by molar-refractivity contribution is 5.98. The molecule has 1 aromatic carbocycles. The highest BCUT2D eigenvalue weighted by Crippen LogP contribution is 2.28. The lowest BCUT2D eigenvalue weighted by Crippen LogP contribution is -2.50. The quantitative estimate of drug-likeness (QED) is 0.644. The molecule has 8 nitrogen and oxygen atoms in total. The number of carbonyl (C=O) groups excluding carboxylic acids is 1. The van der Waals surface area contributed by atoms with E-state index in [4.69, 9.17) is 9.84 Å². The Morgan fingerprint density at radius 3 is 2.67 bits per heavy atom. The van der Waals surface area contributed by atoms with Crippen molar-refractivity contribution in [3.63, 3.8) is 0 Å². The number of methoxy groups -OCH3 is 1. The van der Waals surface area contributed by atoms with Gasteiger partial charge in [-0.05, 0) is 6.07 Å². The van der Waals surface area contributed by atoms with Crippen LogP contribution in [0.1, 0.15) is 16.8 Å². The molecule has 0 aliphatic carbocycles. The third-order valence-corrected chi connectivity index (χ3v) is 3.33. The Morgan fingerprint density at radius 1 is 1.48 bits per heavy atom. The topological polar surface area (TPSA) is 110 Å². The second-order valence-electron chi connectivity index (χ2n) is 4.82. The third kappa shape index (κ3) is 3.10. The number of aliphatic carboxylic acids is 1. The molecule has 0 bridgehead atoms. The van der Waals surface area contributed by atoms with Crippen LogP contribution in [0.5, 0.6) is 5.75 Å². The molecule has 112 valence electrons. The van der Waals surface area contributed by atoms with E-state index in [0.29, 0.717) is 13.1 Å². The average Bonchev–Trinajstić information content (AvgIpc) is 2.40. The van der Waals surface area contributed by atoms with E-state index in [9.17, 15) is 19.7 Å². The number of carbonyl (C=O) groups is 2. The van der Waals surface area contributed by atoms with Crippen LogP contribution in [0.3, 0.4) is 0 Å². The number of benzene rings is 1. The molecule has 1 N–H and O–H groups in total. The van der Waals surface area contributed by atoms with Gasteiger partial charge in [-0.25, -0.2) is 0 Å². The van der Waals surface area contributed by atoms with Crippen molar-refractivity contribution in [2.24, 2.45) is 5.92 Å². The number of carboxylic acid groups (broad SMARTS) is 1. The normalized spacial score (nSPS) is 14.4. The first-order valence-electron chi connectivity index (χ1n) is 6.26. The number of non-ortho nitro benzene ring substituents is 1. The molecule has 1 heterocycles. The van der Waals surface area contributed by atoms with Gasteiger partial charge in [-0.3, -0.25) is 19.7 Å². The van der Waals surface area contributed by atoms with Gasteiger partial charge >= 0.3 is 5.97 Å². The first-order valence-corrected chi connectivity index (χ1v) is 6.26. The van der Waals surface area contributed by atoms with Gasteiger partial charge in [0.15, 0.2) is 0 Å². The second-order valence-corrected chi connectivity index (χ2v) is 4.82. The zero-order chi connectivity index (χ0) is 15.6. The van der Waals surface area contributed by atoms with Gasteiger partial charge < -0.3 is 14.7 Å². The molecule has 0 aromatic heterocycles. The second kappa shape index (κ2) is 5.78. The molecule has 1 aliphatic rings. The molecule has 1 amide bonds. The van der Waals surface area contributed by atoms with Crippen LogP contribution in [0.2, 0.25) is 0 Å². The maximum Gasteiger partial charge on any atom is 0.303 e. The molecule has 2 rings (SSSR count). The third-order valence-electron chi connectivity index (χ3n) is 3.33. The van der Waals surface area contributed by atoms with Gasteiger partial charge in [0.25, 0.3) is 11.6 Å². The number of nitro benzene ring substituents is 1. The number of ether oxygens (including phenoxy) is 1. The van der Waals surface area contributed by atoms with Crippen LogP contribution in [0.4, 0.5) is 5.69 Å². The average molecular weight is 294 g/mol. The minimum atomic E-state index is -0.903. The number of nitro groups is 1. The van der Waals surface area contributed by atoms with Crippen LogP contribution in [-0.4, -0.2) is 47.0 Å². The fraction of sp³-hybridized carbons (Fsp3) is 0.385. The lowest BCUT2D eigenvalue weighted by Gasteiger charge is -2.38. The zero-order valence-electron chi connectivity index (χ0n) is 11.3. The van der Waals surface area contributed by atoms with Crippen LogP contribution >= 0.6 is 0 Å². The summed E-state index contributed by atoms with van der Waals surface area (Å²) in [7, 11) is 1.38. The molecule has 1 aromatic rings. The molecular formula is C13H14N2O6. The Labute approximate surface area is 120 Å². The molecular weight excluding hydrogens is 280 g/mol.